The van der Waals surface area contributed by atoms with E-state index in [1.54, 1.807) is 12.1 Å². The predicted molar refractivity (Wildman–Crippen MR) is 84.1 cm³/mol. The van der Waals surface area contributed by atoms with Crippen molar-refractivity contribution in [2.75, 3.05) is 19.8 Å². The summed E-state index contributed by atoms with van der Waals surface area (Å²) in [6, 6.07) is 3.05. The summed E-state index contributed by atoms with van der Waals surface area (Å²) in [6.07, 6.45) is 2.13. The number of aliphatic hydroxyl groups is 1. The number of carbonyl (C=O) groups is 1. The van der Waals surface area contributed by atoms with Gasteiger partial charge in [0, 0.05) is 12.3 Å². The molecule has 0 aliphatic rings. The molecule has 0 aliphatic carbocycles. The summed E-state index contributed by atoms with van der Waals surface area (Å²) in [4.78, 5) is 16.0. The zero-order valence-corrected chi connectivity index (χ0v) is 13.8. The van der Waals surface area contributed by atoms with E-state index in [4.69, 9.17) is 14.6 Å². The van der Waals surface area contributed by atoms with Gasteiger partial charge in [0.05, 0.1) is 30.4 Å². The molecule has 0 radical (unpaired) electrons. The lowest BCUT2D eigenvalue weighted by Gasteiger charge is -2.19. The maximum atomic E-state index is 11.9. The second kappa shape index (κ2) is 8.70. The van der Waals surface area contributed by atoms with Crippen LogP contribution in [0.2, 0.25) is 0 Å². The molecule has 124 valence electrons. The zero-order valence-electron chi connectivity index (χ0n) is 13.8. The number of carbonyl (C=O) groups excluding carboxylic acids is 1. The highest BCUT2D eigenvalue weighted by Gasteiger charge is 2.12. The van der Waals surface area contributed by atoms with Gasteiger partial charge in [-0.2, -0.15) is 0 Å². The van der Waals surface area contributed by atoms with Crippen LogP contribution < -0.4 is 10.1 Å². The van der Waals surface area contributed by atoms with Crippen LogP contribution in [-0.4, -0.2) is 47.5 Å². The van der Waals surface area contributed by atoms with Crippen LogP contribution in [0.4, 0.5) is 0 Å². The standard InChI is InChI=1S/C16H26N2O4/c1-5-13(11-19)18-15(20)12-6-7-14(17-10-12)21-8-9-22-16(2,3)4/h6-7,10,13,19H,5,8-9,11H2,1-4H3,(H,18,20). The van der Waals surface area contributed by atoms with Crippen molar-refractivity contribution in [3.63, 3.8) is 0 Å². The minimum Gasteiger partial charge on any atom is -0.475 e. The SMILES string of the molecule is CCC(CO)NC(=O)c1ccc(OCCOC(C)(C)C)nc1. The zero-order chi connectivity index (χ0) is 16.6. The van der Waals surface area contributed by atoms with Crippen LogP contribution in [0.1, 0.15) is 44.5 Å². The number of nitrogens with one attached hydrogen (secondary N) is 1. The fourth-order valence-corrected chi connectivity index (χ4v) is 1.64. The second-order valence-electron chi connectivity index (χ2n) is 5.96. The average Bonchev–Trinajstić information content (AvgIpc) is 2.48. The molecule has 0 saturated heterocycles. The summed E-state index contributed by atoms with van der Waals surface area (Å²) < 4.78 is 11.0. The number of amides is 1. The first kappa shape index (κ1) is 18.4. The Morgan fingerprint density at radius 3 is 2.59 bits per heavy atom. The lowest BCUT2D eigenvalue weighted by Crippen LogP contribution is -2.36. The maximum absolute atomic E-state index is 11.9. The van der Waals surface area contributed by atoms with E-state index < -0.39 is 0 Å². The van der Waals surface area contributed by atoms with E-state index in [1.807, 2.05) is 27.7 Å². The highest BCUT2D eigenvalue weighted by Crippen LogP contribution is 2.09. The van der Waals surface area contributed by atoms with Crippen molar-refractivity contribution < 1.29 is 19.4 Å². The van der Waals surface area contributed by atoms with Gasteiger partial charge in [-0.1, -0.05) is 6.92 Å². The van der Waals surface area contributed by atoms with E-state index >= 15 is 0 Å². The molecule has 1 amide bonds. The van der Waals surface area contributed by atoms with Crippen LogP contribution in [0.15, 0.2) is 18.3 Å². The monoisotopic (exact) mass is 310 g/mol. The molecule has 2 N–H and O–H groups in total. The van der Waals surface area contributed by atoms with Crippen LogP contribution in [0.5, 0.6) is 5.88 Å². The van der Waals surface area contributed by atoms with Gasteiger partial charge >= 0.3 is 0 Å². The predicted octanol–water partition coefficient (Wildman–Crippen LogP) is 1.78. The molecule has 0 aromatic carbocycles. The van der Waals surface area contributed by atoms with Gasteiger partial charge in [0.25, 0.3) is 5.91 Å². The Bertz CT molecular complexity index is 450. The number of rotatable bonds is 8. The van der Waals surface area contributed by atoms with Crippen molar-refractivity contribution in [3.8, 4) is 5.88 Å². The first-order chi connectivity index (χ1) is 10.4. The van der Waals surface area contributed by atoms with Crippen LogP contribution >= 0.6 is 0 Å². The third kappa shape index (κ3) is 6.87. The molecule has 0 aliphatic heterocycles. The average molecular weight is 310 g/mol. The summed E-state index contributed by atoms with van der Waals surface area (Å²) in [5, 5.41) is 11.8. The van der Waals surface area contributed by atoms with Gasteiger partial charge in [-0.3, -0.25) is 4.79 Å². The highest BCUT2D eigenvalue weighted by molar-refractivity contribution is 5.94. The molecule has 1 aromatic rings. The summed E-state index contributed by atoms with van der Waals surface area (Å²) in [6.45, 7) is 8.64. The van der Waals surface area contributed by atoms with E-state index in [9.17, 15) is 4.79 Å². The quantitative estimate of drug-likeness (QED) is 0.715. The number of nitrogens with zero attached hydrogens (tertiary/aromatic N) is 1. The van der Waals surface area contributed by atoms with Crippen LogP contribution in [-0.2, 0) is 4.74 Å². The molecule has 1 rings (SSSR count). The van der Waals surface area contributed by atoms with Gasteiger partial charge in [0.1, 0.15) is 6.61 Å². The van der Waals surface area contributed by atoms with Gasteiger partial charge in [0.2, 0.25) is 5.88 Å². The number of aliphatic hydroxyl groups excluding tert-OH is 1. The van der Waals surface area contributed by atoms with Gasteiger partial charge < -0.3 is 19.9 Å². The van der Waals surface area contributed by atoms with E-state index in [-0.39, 0.29) is 24.2 Å². The lowest BCUT2D eigenvalue weighted by atomic mass is 10.2. The Labute approximate surface area is 131 Å². The Morgan fingerprint density at radius 1 is 1.36 bits per heavy atom. The third-order valence-electron chi connectivity index (χ3n) is 2.92. The van der Waals surface area contributed by atoms with E-state index in [0.717, 1.165) is 0 Å². The van der Waals surface area contributed by atoms with Crippen LogP contribution in [0.3, 0.4) is 0 Å². The second-order valence-corrected chi connectivity index (χ2v) is 5.96. The van der Waals surface area contributed by atoms with Crippen molar-refractivity contribution >= 4 is 5.91 Å². The number of hydrogen-bond acceptors (Lipinski definition) is 5. The fraction of sp³-hybridized carbons (Fsp3) is 0.625. The van der Waals surface area contributed by atoms with E-state index in [1.165, 1.54) is 6.20 Å². The molecule has 0 fully saturated rings. The maximum Gasteiger partial charge on any atom is 0.253 e. The van der Waals surface area contributed by atoms with Gasteiger partial charge in [-0.05, 0) is 33.3 Å². The van der Waals surface area contributed by atoms with Crippen molar-refractivity contribution in [1.29, 1.82) is 0 Å². The molecule has 6 nitrogen and oxygen atoms in total. The first-order valence-electron chi connectivity index (χ1n) is 7.50. The molecule has 1 unspecified atom stereocenters. The van der Waals surface area contributed by atoms with Crippen LogP contribution in [0, 0.1) is 0 Å². The van der Waals surface area contributed by atoms with Crippen molar-refractivity contribution in [2.45, 2.75) is 45.8 Å². The summed E-state index contributed by atoms with van der Waals surface area (Å²) in [7, 11) is 0. The summed E-state index contributed by atoms with van der Waals surface area (Å²) >= 11 is 0. The molecular weight excluding hydrogens is 284 g/mol. The minimum atomic E-state index is -0.254. The van der Waals surface area contributed by atoms with E-state index in [0.29, 0.717) is 31.1 Å². The van der Waals surface area contributed by atoms with Gasteiger partial charge in [0.15, 0.2) is 0 Å². The minimum absolute atomic E-state index is 0.0787. The molecule has 22 heavy (non-hydrogen) atoms. The largest absolute Gasteiger partial charge is 0.475 e. The van der Waals surface area contributed by atoms with Crippen molar-refractivity contribution in [3.05, 3.63) is 23.9 Å². The molecule has 0 bridgehead atoms. The normalized spacial score (nSPS) is 12.8. The molecule has 0 spiro atoms. The van der Waals surface area contributed by atoms with Gasteiger partial charge in [-0.25, -0.2) is 4.98 Å². The van der Waals surface area contributed by atoms with Crippen molar-refractivity contribution in [1.82, 2.24) is 10.3 Å². The lowest BCUT2D eigenvalue weighted by molar-refractivity contribution is -0.0168. The number of pyridine rings is 1. The van der Waals surface area contributed by atoms with Crippen molar-refractivity contribution in [2.24, 2.45) is 0 Å². The molecular formula is C16H26N2O4. The molecule has 0 saturated carbocycles. The Balaban J connectivity index is 2.44. The van der Waals surface area contributed by atoms with E-state index in [2.05, 4.69) is 10.3 Å². The molecule has 6 heteroatoms. The Hall–Kier alpha value is -1.66. The fourth-order valence-electron chi connectivity index (χ4n) is 1.64. The number of hydrogen-bond donors (Lipinski definition) is 2. The first-order valence-corrected chi connectivity index (χ1v) is 7.50. The summed E-state index contributed by atoms with van der Waals surface area (Å²) in [5.74, 6) is 0.194. The topological polar surface area (TPSA) is 80.7 Å². The van der Waals surface area contributed by atoms with Gasteiger partial charge in [-0.15, -0.1) is 0 Å². The Morgan fingerprint density at radius 2 is 2.09 bits per heavy atom. The van der Waals surface area contributed by atoms with Crippen LogP contribution in [0.25, 0.3) is 0 Å². The smallest absolute Gasteiger partial charge is 0.253 e. The third-order valence-corrected chi connectivity index (χ3v) is 2.92. The molecule has 1 aromatic heterocycles. The number of ether oxygens (including phenoxy) is 2. The summed E-state index contributed by atoms with van der Waals surface area (Å²) in [5.41, 5.74) is 0.242. The number of aromatic nitrogens is 1. The highest BCUT2D eigenvalue weighted by atomic mass is 16.5. The Kier molecular flexibility index (Phi) is 7.27. The molecule has 1 heterocycles. The molecule has 1 atom stereocenters.